The van der Waals surface area contributed by atoms with Gasteiger partial charge in [0.25, 0.3) is 0 Å². The summed E-state index contributed by atoms with van der Waals surface area (Å²) in [6, 6.07) is 67.6. The first-order valence-electron chi connectivity index (χ1n) is 20.0. The molecule has 0 saturated carbocycles. The topological polar surface area (TPSA) is 8.17 Å². The zero-order valence-corrected chi connectivity index (χ0v) is 32.7. The van der Waals surface area contributed by atoms with Crippen molar-refractivity contribution in [1.29, 1.82) is 0 Å². The number of hydrogen-bond acceptors (Lipinski definition) is 1. The lowest BCUT2D eigenvalue weighted by atomic mass is 9.81. The summed E-state index contributed by atoms with van der Waals surface area (Å²) in [5.74, 6) is 0. The van der Waals surface area contributed by atoms with Crippen molar-refractivity contribution in [2.75, 3.05) is 4.90 Å². The minimum absolute atomic E-state index is 0.257. The van der Waals surface area contributed by atoms with E-state index in [-0.39, 0.29) is 5.41 Å². The highest BCUT2D eigenvalue weighted by Crippen LogP contribution is 2.55. The molecule has 2 heteroatoms. The SMILES string of the molecule is Cc1ccc(N(c2ccc3c(c2)C(C)(C)c2cc(-n4c5ccc(C)cc5c5cc(-c6ccccc6)ccc54)c4ccccc4c2-3)c2cccc3ccccc23)cc1. The van der Waals surface area contributed by atoms with E-state index < -0.39 is 0 Å². The Hall–Kier alpha value is -6.90. The maximum Gasteiger partial charge on any atom is 0.0544 e. The molecule has 9 aromatic carbocycles. The molecule has 0 N–H and O–H groups in total. The van der Waals surface area contributed by atoms with Gasteiger partial charge in [-0.25, -0.2) is 0 Å². The lowest BCUT2D eigenvalue weighted by Gasteiger charge is -2.29. The number of rotatable bonds is 5. The molecule has 0 amide bonds. The van der Waals surface area contributed by atoms with E-state index in [9.17, 15) is 0 Å². The Balaban J connectivity index is 1.13. The van der Waals surface area contributed by atoms with Gasteiger partial charge in [-0.15, -0.1) is 0 Å². The highest BCUT2D eigenvalue weighted by Gasteiger charge is 2.38. The second-order valence-electron chi connectivity index (χ2n) is 16.3. The second kappa shape index (κ2) is 12.6. The van der Waals surface area contributed by atoms with Crippen LogP contribution in [0.25, 0.3) is 71.3 Å². The third kappa shape index (κ3) is 5.10. The summed E-state index contributed by atoms with van der Waals surface area (Å²) in [5, 5.41) is 7.57. The molecule has 10 aromatic rings. The zero-order chi connectivity index (χ0) is 38.4. The Morgan fingerprint density at radius 1 is 0.439 bits per heavy atom. The van der Waals surface area contributed by atoms with Gasteiger partial charge in [-0.05, 0) is 119 Å². The van der Waals surface area contributed by atoms with Crippen molar-refractivity contribution in [3.63, 3.8) is 0 Å². The summed E-state index contributed by atoms with van der Waals surface area (Å²) in [7, 11) is 0. The summed E-state index contributed by atoms with van der Waals surface area (Å²) in [6.07, 6.45) is 0. The summed E-state index contributed by atoms with van der Waals surface area (Å²) in [4.78, 5) is 2.44. The van der Waals surface area contributed by atoms with Crippen LogP contribution < -0.4 is 4.90 Å². The number of aromatic nitrogens is 1. The normalized spacial score (nSPS) is 13.1. The van der Waals surface area contributed by atoms with Crippen molar-refractivity contribution >= 4 is 60.4 Å². The Bertz CT molecular complexity index is 3210. The van der Waals surface area contributed by atoms with E-state index in [0.29, 0.717) is 0 Å². The Labute approximate surface area is 333 Å². The van der Waals surface area contributed by atoms with Gasteiger partial charge in [0.05, 0.1) is 22.4 Å². The smallest absolute Gasteiger partial charge is 0.0544 e. The summed E-state index contributed by atoms with van der Waals surface area (Å²) >= 11 is 0. The Morgan fingerprint density at radius 2 is 1.09 bits per heavy atom. The minimum atomic E-state index is -0.257. The monoisotopic (exact) mass is 730 g/mol. The number of benzene rings is 9. The van der Waals surface area contributed by atoms with Gasteiger partial charge < -0.3 is 9.47 Å². The third-order valence-corrected chi connectivity index (χ3v) is 12.5. The van der Waals surface area contributed by atoms with Crippen molar-refractivity contribution < 1.29 is 0 Å². The zero-order valence-electron chi connectivity index (χ0n) is 32.7. The lowest BCUT2D eigenvalue weighted by molar-refractivity contribution is 0.660. The van der Waals surface area contributed by atoms with Crippen molar-refractivity contribution in [3.05, 3.63) is 204 Å². The molecule has 0 aliphatic heterocycles. The largest absolute Gasteiger partial charge is 0.310 e. The van der Waals surface area contributed by atoms with Crippen molar-refractivity contribution in [2.45, 2.75) is 33.1 Å². The van der Waals surface area contributed by atoms with Crippen LogP contribution in [0.3, 0.4) is 0 Å². The van der Waals surface area contributed by atoms with Crippen LogP contribution in [0.5, 0.6) is 0 Å². The first-order chi connectivity index (χ1) is 27.8. The molecule has 0 atom stereocenters. The fourth-order valence-corrected chi connectivity index (χ4v) is 9.61. The van der Waals surface area contributed by atoms with Gasteiger partial charge >= 0.3 is 0 Å². The standard InChI is InChI=1S/C55H42N2/c1-35-21-25-40(26-22-35)56(50-20-12-16-38-15-8-9-17-42(38)50)41-27-28-45-48(33-41)55(3,4)49-34-53(43-18-10-11-19-44(43)54(45)49)57-51-29-23-36(2)31-46(51)47-32-39(24-30-52(47)57)37-13-6-5-7-14-37/h5-34H,1-4H3. The molecule has 2 nitrogen and oxygen atoms in total. The van der Waals surface area contributed by atoms with Crippen LogP contribution in [-0.4, -0.2) is 4.57 Å². The fraction of sp³-hybridized carbons (Fsp3) is 0.0909. The Kier molecular flexibility index (Phi) is 7.37. The van der Waals surface area contributed by atoms with Crippen molar-refractivity contribution in [2.24, 2.45) is 0 Å². The molecule has 0 unspecified atom stereocenters. The van der Waals surface area contributed by atoms with E-state index in [1.165, 1.54) is 99.2 Å². The number of anilines is 3. The second-order valence-corrected chi connectivity index (χ2v) is 16.3. The van der Waals surface area contributed by atoms with E-state index in [0.717, 1.165) is 11.4 Å². The molecule has 1 aromatic heterocycles. The van der Waals surface area contributed by atoms with Crippen LogP contribution >= 0.6 is 0 Å². The van der Waals surface area contributed by atoms with Crippen LogP contribution in [0.4, 0.5) is 17.1 Å². The lowest BCUT2D eigenvalue weighted by Crippen LogP contribution is -2.17. The van der Waals surface area contributed by atoms with E-state index in [1.54, 1.807) is 0 Å². The van der Waals surface area contributed by atoms with E-state index in [2.05, 4.69) is 219 Å². The predicted molar refractivity (Wildman–Crippen MR) is 243 cm³/mol. The predicted octanol–water partition coefficient (Wildman–Crippen LogP) is 15.2. The number of nitrogens with zero attached hydrogens (tertiary/aromatic N) is 2. The fourth-order valence-electron chi connectivity index (χ4n) is 9.61. The van der Waals surface area contributed by atoms with Crippen LogP contribution in [0.1, 0.15) is 36.1 Å². The van der Waals surface area contributed by atoms with E-state index in [4.69, 9.17) is 0 Å². The molecular weight excluding hydrogens is 689 g/mol. The highest BCUT2D eigenvalue weighted by atomic mass is 15.1. The number of hydrogen-bond donors (Lipinski definition) is 0. The molecule has 0 saturated heterocycles. The molecule has 11 rings (SSSR count). The maximum absolute atomic E-state index is 2.52. The molecule has 1 heterocycles. The van der Waals surface area contributed by atoms with Gasteiger partial charge in [0.15, 0.2) is 0 Å². The average Bonchev–Trinajstić information content (AvgIpc) is 3.68. The third-order valence-electron chi connectivity index (χ3n) is 12.5. The van der Waals surface area contributed by atoms with Crippen molar-refractivity contribution in [1.82, 2.24) is 4.57 Å². The van der Waals surface area contributed by atoms with Gasteiger partial charge in [-0.3, -0.25) is 0 Å². The van der Waals surface area contributed by atoms with E-state index in [1.807, 2.05) is 0 Å². The van der Waals surface area contributed by atoms with Crippen LogP contribution in [0, 0.1) is 13.8 Å². The number of fused-ring (bicyclic) bond motifs is 9. The van der Waals surface area contributed by atoms with Crippen LogP contribution in [0.2, 0.25) is 0 Å². The molecule has 1 aliphatic carbocycles. The molecule has 272 valence electrons. The van der Waals surface area contributed by atoms with Crippen molar-refractivity contribution in [3.8, 4) is 27.9 Å². The molecule has 0 spiro atoms. The molecule has 0 fully saturated rings. The van der Waals surface area contributed by atoms with Gasteiger partial charge in [-0.1, -0.05) is 146 Å². The van der Waals surface area contributed by atoms with Crippen LogP contribution in [-0.2, 0) is 5.41 Å². The quantitative estimate of drug-likeness (QED) is 0.171. The van der Waals surface area contributed by atoms with Crippen LogP contribution in [0.15, 0.2) is 182 Å². The van der Waals surface area contributed by atoms with Gasteiger partial charge in [0, 0.05) is 38.3 Å². The van der Waals surface area contributed by atoms with Gasteiger partial charge in [-0.2, -0.15) is 0 Å². The average molecular weight is 731 g/mol. The number of aryl methyl sites for hydroxylation is 2. The molecule has 0 bridgehead atoms. The summed E-state index contributed by atoms with van der Waals surface area (Å²) in [6.45, 7) is 9.18. The maximum atomic E-state index is 2.52. The Morgan fingerprint density at radius 3 is 1.89 bits per heavy atom. The van der Waals surface area contributed by atoms with Gasteiger partial charge in [0.2, 0.25) is 0 Å². The summed E-state index contributed by atoms with van der Waals surface area (Å²) < 4.78 is 2.52. The molecule has 0 radical (unpaired) electrons. The highest BCUT2D eigenvalue weighted by molar-refractivity contribution is 6.14. The minimum Gasteiger partial charge on any atom is -0.310 e. The van der Waals surface area contributed by atoms with E-state index >= 15 is 0 Å². The molecule has 57 heavy (non-hydrogen) atoms. The first-order valence-corrected chi connectivity index (χ1v) is 20.0. The van der Waals surface area contributed by atoms with Gasteiger partial charge in [0.1, 0.15) is 0 Å². The summed E-state index contributed by atoms with van der Waals surface area (Å²) in [5.41, 5.74) is 17.2. The molecule has 1 aliphatic rings. The first kappa shape index (κ1) is 33.4. The molecular formula is C55H42N2.